The Morgan fingerprint density at radius 3 is 2.30 bits per heavy atom. The van der Waals surface area contributed by atoms with Crippen LogP contribution >= 0.6 is 0 Å². The second-order valence-corrected chi connectivity index (χ2v) is 9.08. The Hall–Kier alpha value is -3.59. The van der Waals surface area contributed by atoms with E-state index in [1.54, 1.807) is 37.3 Å². The van der Waals surface area contributed by atoms with Crippen LogP contribution in [0.1, 0.15) is 60.7 Å². The zero-order valence-corrected chi connectivity index (χ0v) is 22.0. The summed E-state index contributed by atoms with van der Waals surface area (Å²) in [5.41, 5.74) is 2.84. The number of carbonyl (C=O) groups is 3. The fourth-order valence-electron chi connectivity index (χ4n) is 4.13. The van der Waals surface area contributed by atoms with Crippen molar-refractivity contribution < 1.29 is 23.9 Å². The van der Waals surface area contributed by atoms with Crippen LogP contribution in [0.4, 0.5) is 21.9 Å². The first-order valence-corrected chi connectivity index (χ1v) is 13.0. The van der Waals surface area contributed by atoms with Crippen LogP contribution in [0, 0.1) is 5.92 Å². The smallest absolute Gasteiger partial charge is 0.338 e. The largest absolute Gasteiger partial charge is 0.462 e. The Morgan fingerprint density at radius 1 is 0.946 bits per heavy atom. The van der Waals surface area contributed by atoms with E-state index < -0.39 is 12.0 Å². The predicted molar refractivity (Wildman–Crippen MR) is 146 cm³/mol. The molecule has 1 aliphatic rings. The molecule has 0 atom stereocenters. The topological polar surface area (TPSA) is 109 Å². The second kappa shape index (κ2) is 14.2. The third kappa shape index (κ3) is 8.49. The normalized spacial score (nSPS) is 13.6. The van der Waals surface area contributed by atoms with E-state index in [9.17, 15) is 14.4 Å². The van der Waals surface area contributed by atoms with Crippen LogP contribution in [0.25, 0.3) is 0 Å². The van der Waals surface area contributed by atoms with Crippen LogP contribution in [-0.2, 0) is 9.47 Å². The fraction of sp³-hybridized carbons (Fsp3) is 0.464. The molecule has 3 rings (SSSR count). The predicted octanol–water partition coefficient (Wildman–Crippen LogP) is 4.90. The van der Waals surface area contributed by atoms with Crippen molar-refractivity contribution in [3.05, 3.63) is 53.6 Å². The average molecular weight is 511 g/mol. The maximum Gasteiger partial charge on any atom is 0.338 e. The molecule has 1 fully saturated rings. The van der Waals surface area contributed by atoms with Gasteiger partial charge in [0.25, 0.3) is 5.91 Å². The summed E-state index contributed by atoms with van der Waals surface area (Å²) >= 11 is 0. The van der Waals surface area contributed by atoms with Gasteiger partial charge < -0.3 is 30.3 Å². The van der Waals surface area contributed by atoms with E-state index >= 15 is 0 Å². The number of rotatable bonds is 11. The fourth-order valence-corrected chi connectivity index (χ4v) is 4.13. The molecule has 200 valence electrons. The molecule has 0 unspecified atom stereocenters. The highest BCUT2D eigenvalue weighted by Gasteiger charge is 2.22. The van der Waals surface area contributed by atoms with Crippen molar-refractivity contribution in [2.24, 2.45) is 5.92 Å². The van der Waals surface area contributed by atoms with Crippen LogP contribution in [0.15, 0.2) is 42.5 Å². The molecule has 1 heterocycles. The molecular formula is C28H38N4O5. The summed E-state index contributed by atoms with van der Waals surface area (Å²) < 4.78 is 10.3. The lowest BCUT2D eigenvalue weighted by Gasteiger charge is -2.33. The maximum absolute atomic E-state index is 13.1. The lowest BCUT2D eigenvalue weighted by atomic mass is 9.98. The minimum atomic E-state index is -0.452. The van der Waals surface area contributed by atoms with E-state index in [0.29, 0.717) is 54.8 Å². The highest BCUT2D eigenvalue weighted by atomic mass is 16.5. The first-order chi connectivity index (χ1) is 17.9. The summed E-state index contributed by atoms with van der Waals surface area (Å²) in [5, 5.41) is 8.53. The van der Waals surface area contributed by atoms with E-state index in [-0.39, 0.29) is 5.91 Å². The van der Waals surface area contributed by atoms with Gasteiger partial charge in [-0.25, -0.2) is 9.59 Å². The quantitative estimate of drug-likeness (QED) is 0.293. The minimum absolute atomic E-state index is 0.177. The summed E-state index contributed by atoms with van der Waals surface area (Å²) in [4.78, 5) is 39.8. The lowest BCUT2D eigenvalue weighted by Crippen LogP contribution is -2.35. The molecule has 0 aliphatic carbocycles. The Bertz CT molecular complexity index is 1050. The molecule has 2 aromatic carbocycles. The third-order valence-corrected chi connectivity index (χ3v) is 6.23. The number of hydrogen-bond acceptors (Lipinski definition) is 6. The third-order valence-electron chi connectivity index (χ3n) is 6.23. The summed E-state index contributed by atoms with van der Waals surface area (Å²) in [6.45, 7) is 9.76. The number of urea groups is 1. The van der Waals surface area contributed by atoms with Crippen molar-refractivity contribution in [1.29, 1.82) is 0 Å². The van der Waals surface area contributed by atoms with E-state index in [4.69, 9.17) is 9.47 Å². The second-order valence-electron chi connectivity index (χ2n) is 9.08. The van der Waals surface area contributed by atoms with Crippen molar-refractivity contribution in [1.82, 2.24) is 5.32 Å². The van der Waals surface area contributed by atoms with Crippen molar-refractivity contribution in [3.8, 4) is 0 Å². The molecule has 0 aromatic heterocycles. The monoisotopic (exact) mass is 510 g/mol. The van der Waals surface area contributed by atoms with Gasteiger partial charge in [-0.1, -0.05) is 6.92 Å². The first kappa shape index (κ1) is 28.0. The Morgan fingerprint density at radius 2 is 1.62 bits per heavy atom. The number of esters is 1. The summed E-state index contributed by atoms with van der Waals surface area (Å²) in [6.07, 6.45) is 2.88. The summed E-state index contributed by atoms with van der Waals surface area (Å²) in [7, 11) is 0. The number of nitrogens with zero attached hydrogens (tertiary/aromatic N) is 1. The van der Waals surface area contributed by atoms with Gasteiger partial charge in [0.15, 0.2) is 0 Å². The Balaban J connectivity index is 1.69. The number of anilines is 3. The van der Waals surface area contributed by atoms with Crippen molar-refractivity contribution in [2.45, 2.75) is 40.0 Å². The Labute approximate surface area is 218 Å². The number of nitrogens with one attached hydrogen (secondary N) is 3. The summed E-state index contributed by atoms with van der Waals surface area (Å²) in [6, 6.07) is 11.4. The van der Waals surface area contributed by atoms with Gasteiger partial charge in [0.1, 0.15) is 0 Å². The molecule has 0 radical (unpaired) electrons. The van der Waals surface area contributed by atoms with E-state index in [0.717, 1.165) is 38.0 Å². The average Bonchev–Trinajstić information content (AvgIpc) is 2.89. The van der Waals surface area contributed by atoms with E-state index in [2.05, 4.69) is 27.8 Å². The van der Waals surface area contributed by atoms with Gasteiger partial charge in [-0.05, 0) is 81.5 Å². The van der Waals surface area contributed by atoms with Crippen LogP contribution in [-0.4, -0.2) is 57.4 Å². The maximum atomic E-state index is 13.1. The highest BCUT2D eigenvalue weighted by molar-refractivity contribution is 6.04. The zero-order chi connectivity index (χ0) is 26.6. The van der Waals surface area contributed by atoms with Crippen molar-refractivity contribution in [3.63, 3.8) is 0 Å². The number of amides is 3. The molecule has 0 saturated carbocycles. The number of hydrogen-bond donors (Lipinski definition) is 3. The van der Waals surface area contributed by atoms with Crippen LogP contribution in [0.2, 0.25) is 0 Å². The van der Waals surface area contributed by atoms with Crippen molar-refractivity contribution >= 4 is 35.0 Å². The van der Waals surface area contributed by atoms with Crippen LogP contribution in [0.3, 0.4) is 0 Å². The number of carbonyl (C=O) groups excluding carboxylic acids is 3. The molecule has 3 N–H and O–H groups in total. The number of piperidine rings is 1. The van der Waals surface area contributed by atoms with Gasteiger partial charge in [0.2, 0.25) is 0 Å². The minimum Gasteiger partial charge on any atom is -0.462 e. The van der Waals surface area contributed by atoms with Gasteiger partial charge in [-0.15, -0.1) is 0 Å². The van der Waals surface area contributed by atoms with Gasteiger partial charge >= 0.3 is 12.0 Å². The van der Waals surface area contributed by atoms with Crippen LogP contribution in [0.5, 0.6) is 0 Å². The zero-order valence-electron chi connectivity index (χ0n) is 22.0. The highest BCUT2D eigenvalue weighted by Crippen LogP contribution is 2.29. The molecule has 2 aromatic rings. The SMILES string of the molecule is CCOCCCNC(=O)c1cc(NC(=O)Nc2ccc(C(=O)OCC)cc2)ccc1N1CCC(C)CC1. The van der Waals surface area contributed by atoms with Crippen LogP contribution < -0.4 is 20.9 Å². The van der Waals surface area contributed by atoms with E-state index in [1.807, 2.05) is 19.1 Å². The number of benzene rings is 2. The molecule has 1 saturated heterocycles. The molecule has 1 aliphatic heterocycles. The molecule has 0 bridgehead atoms. The van der Waals surface area contributed by atoms with Gasteiger partial charge in [-0.2, -0.15) is 0 Å². The Kier molecular flexibility index (Phi) is 10.8. The number of ether oxygens (including phenoxy) is 2. The summed E-state index contributed by atoms with van der Waals surface area (Å²) in [5.74, 6) is 0.0808. The molecule has 0 spiro atoms. The first-order valence-electron chi connectivity index (χ1n) is 13.0. The van der Waals surface area contributed by atoms with Gasteiger partial charge in [-0.3, -0.25) is 4.79 Å². The van der Waals surface area contributed by atoms with Gasteiger partial charge in [0, 0.05) is 49.9 Å². The molecule has 3 amide bonds. The molecule has 9 nitrogen and oxygen atoms in total. The molecule has 9 heteroatoms. The molecular weight excluding hydrogens is 472 g/mol. The van der Waals surface area contributed by atoms with E-state index in [1.165, 1.54) is 0 Å². The lowest BCUT2D eigenvalue weighted by molar-refractivity contribution is 0.0526. The van der Waals surface area contributed by atoms with Gasteiger partial charge in [0.05, 0.1) is 17.7 Å². The van der Waals surface area contributed by atoms with Crippen molar-refractivity contribution in [2.75, 3.05) is 55.0 Å². The standard InChI is InChI=1S/C28H38N4O5/c1-4-36-18-6-15-29-26(33)24-19-23(11-12-25(24)32-16-13-20(3)14-17-32)31-28(35)30-22-9-7-21(8-10-22)27(34)37-5-2/h7-12,19-20H,4-6,13-18H2,1-3H3,(H,29,33)(H2,30,31,35). The molecule has 37 heavy (non-hydrogen) atoms.